The van der Waals surface area contributed by atoms with E-state index >= 15 is 0 Å². The number of likely N-dealkylation sites (N-methyl/N-ethyl adjacent to an activating group) is 1. The first-order valence-corrected chi connectivity index (χ1v) is 6.65. The van der Waals surface area contributed by atoms with Crippen LogP contribution in [0.2, 0.25) is 0 Å². The van der Waals surface area contributed by atoms with Crippen molar-refractivity contribution in [3.05, 3.63) is 28.8 Å². The van der Waals surface area contributed by atoms with Crippen LogP contribution in [0.1, 0.15) is 35.3 Å². The van der Waals surface area contributed by atoms with Gasteiger partial charge in [0.25, 0.3) is 5.91 Å². The number of rotatable bonds is 6. The van der Waals surface area contributed by atoms with E-state index < -0.39 is 5.97 Å². The molecule has 0 aliphatic rings. The van der Waals surface area contributed by atoms with Gasteiger partial charge in [0, 0.05) is 13.1 Å². The molecule has 0 aliphatic heterocycles. The molecule has 1 aromatic carbocycles. The fraction of sp³-hybridized carbons (Fsp3) is 0.467. The first kappa shape index (κ1) is 16.0. The summed E-state index contributed by atoms with van der Waals surface area (Å²) in [6, 6.07) is 3.10. The normalized spacial score (nSPS) is 10.2. The summed E-state index contributed by atoms with van der Waals surface area (Å²) in [6.45, 7) is 8.64. The number of nitrogens with zero attached hydrogens (tertiary/aromatic N) is 1. The molecule has 0 aliphatic carbocycles. The Bertz CT molecular complexity index is 484. The third-order valence-corrected chi connectivity index (χ3v) is 3.16. The number of hydrogen-bond acceptors (Lipinski definition) is 3. The van der Waals surface area contributed by atoms with Crippen molar-refractivity contribution in [2.24, 2.45) is 0 Å². The average Bonchev–Trinajstić information content (AvgIpc) is 2.38. The van der Waals surface area contributed by atoms with Gasteiger partial charge in [-0.25, -0.2) is 4.79 Å². The summed E-state index contributed by atoms with van der Waals surface area (Å²) in [6.07, 6.45) is 0. The Balaban J connectivity index is 2.84. The lowest BCUT2D eigenvalue weighted by molar-refractivity contribution is -0.132. The van der Waals surface area contributed by atoms with Crippen LogP contribution in [-0.2, 0) is 4.79 Å². The molecule has 0 unspecified atom stereocenters. The standard InChI is InChI=1S/C15H21NO4/c1-5-16(6-2)13(17)9-20-14-10(3)7-12(15(18)19)8-11(14)4/h7-8H,5-6,9H2,1-4H3,(H,18,19). The van der Waals surface area contributed by atoms with Gasteiger partial charge in [-0.2, -0.15) is 0 Å². The van der Waals surface area contributed by atoms with Crippen LogP contribution in [0.5, 0.6) is 5.75 Å². The molecule has 0 saturated heterocycles. The molecule has 0 atom stereocenters. The van der Waals surface area contributed by atoms with Crippen LogP contribution >= 0.6 is 0 Å². The Morgan fingerprint density at radius 3 is 2.05 bits per heavy atom. The van der Waals surface area contributed by atoms with E-state index in [9.17, 15) is 9.59 Å². The van der Waals surface area contributed by atoms with Gasteiger partial charge in [0.05, 0.1) is 5.56 Å². The summed E-state index contributed by atoms with van der Waals surface area (Å²) in [5.41, 5.74) is 1.66. The monoisotopic (exact) mass is 279 g/mol. The molecule has 0 saturated carbocycles. The number of aryl methyl sites for hydroxylation is 2. The van der Waals surface area contributed by atoms with Gasteiger partial charge in [-0.15, -0.1) is 0 Å². The van der Waals surface area contributed by atoms with Crippen molar-refractivity contribution in [2.45, 2.75) is 27.7 Å². The van der Waals surface area contributed by atoms with Gasteiger partial charge in [-0.05, 0) is 51.0 Å². The molecule has 0 fully saturated rings. The number of carboxylic acids is 1. The van der Waals surface area contributed by atoms with Crippen LogP contribution < -0.4 is 4.74 Å². The predicted molar refractivity (Wildman–Crippen MR) is 76.3 cm³/mol. The van der Waals surface area contributed by atoms with E-state index in [-0.39, 0.29) is 18.1 Å². The topological polar surface area (TPSA) is 66.8 Å². The zero-order chi connectivity index (χ0) is 15.3. The van der Waals surface area contributed by atoms with Crippen LogP contribution in [0.3, 0.4) is 0 Å². The second-order valence-electron chi connectivity index (χ2n) is 4.60. The Kier molecular flexibility index (Phi) is 5.55. The van der Waals surface area contributed by atoms with E-state index in [1.165, 1.54) is 0 Å². The number of carbonyl (C=O) groups is 2. The highest BCUT2D eigenvalue weighted by atomic mass is 16.5. The molecule has 20 heavy (non-hydrogen) atoms. The Morgan fingerprint density at radius 2 is 1.65 bits per heavy atom. The molecule has 0 radical (unpaired) electrons. The maximum Gasteiger partial charge on any atom is 0.335 e. The van der Waals surface area contributed by atoms with E-state index in [1.807, 2.05) is 13.8 Å². The highest BCUT2D eigenvalue weighted by Gasteiger charge is 2.14. The summed E-state index contributed by atoms with van der Waals surface area (Å²) < 4.78 is 5.56. The lowest BCUT2D eigenvalue weighted by Crippen LogP contribution is -2.34. The molecule has 0 bridgehead atoms. The van der Waals surface area contributed by atoms with E-state index in [0.29, 0.717) is 18.8 Å². The Hall–Kier alpha value is -2.04. The molecule has 0 spiro atoms. The summed E-state index contributed by atoms with van der Waals surface area (Å²) >= 11 is 0. The van der Waals surface area contributed by atoms with Crippen LogP contribution in [0.4, 0.5) is 0 Å². The molecule has 1 amide bonds. The third kappa shape index (κ3) is 3.73. The molecule has 5 nitrogen and oxygen atoms in total. The molecule has 0 heterocycles. The first-order valence-electron chi connectivity index (χ1n) is 6.65. The molecule has 1 aromatic rings. The summed E-state index contributed by atoms with van der Waals surface area (Å²) in [5, 5.41) is 8.98. The molecular weight excluding hydrogens is 258 g/mol. The minimum Gasteiger partial charge on any atom is -0.483 e. The second-order valence-corrected chi connectivity index (χ2v) is 4.60. The van der Waals surface area contributed by atoms with Crippen molar-refractivity contribution in [3.8, 4) is 5.75 Å². The Morgan fingerprint density at radius 1 is 1.15 bits per heavy atom. The van der Waals surface area contributed by atoms with Gasteiger partial charge in [-0.1, -0.05) is 0 Å². The van der Waals surface area contributed by atoms with Crippen molar-refractivity contribution < 1.29 is 19.4 Å². The molecular formula is C15H21NO4. The highest BCUT2D eigenvalue weighted by molar-refractivity contribution is 5.88. The number of aromatic carboxylic acids is 1. The van der Waals surface area contributed by atoms with Crippen molar-refractivity contribution in [1.82, 2.24) is 4.90 Å². The van der Waals surface area contributed by atoms with Gasteiger partial charge in [0.15, 0.2) is 6.61 Å². The van der Waals surface area contributed by atoms with Gasteiger partial charge < -0.3 is 14.7 Å². The van der Waals surface area contributed by atoms with Crippen LogP contribution in [-0.4, -0.2) is 41.6 Å². The number of ether oxygens (including phenoxy) is 1. The van der Waals surface area contributed by atoms with Crippen molar-refractivity contribution in [3.63, 3.8) is 0 Å². The van der Waals surface area contributed by atoms with Crippen molar-refractivity contribution in [2.75, 3.05) is 19.7 Å². The van der Waals surface area contributed by atoms with Crippen LogP contribution in [0.15, 0.2) is 12.1 Å². The third-order valence-electron chi connectivity index (χ3n) is 3.16. The average molecular weight is 279 g/mol. The van der Waals surface area contributed by atoms with E-state index in [2.05, 4.69) is 0 Å². The number of amides is 1. The minimum absolute atomic E-state index is 0.0320. The summed E-state index contributed by atoms with van der Waals surface area (Å²) in [4.78, 5) is 24.5. The van der Waals surface area contributed by atoms with E-state index in [4.69, 9.17) is 9.84 Å². The molecule has 110 valence electrons. The number of carbonyl (C=O) groups excluding carboxylic acids is 1. The summed E-state index contributed by atoms with van der Waals surface area (Å²) in [5.74, 6) is -0.464. The lowest BCUT2D eigenvalue weighted by Gasteiger charge is -2.20. The zero-order valence-corrected chi connectivity index (χ0v) is 12.4. The maximum absolute atomic E-state index is 11.9. The number of carboxylic acid groups (broad SMARTS) is 1. The molecule has 1 N–H and O–H groups in total. The highest BCUT2D eigenvalue weighted by Crippen LogP contribution is 2.24. The molecule has 0 aromatic heterocycles. The quantitative estimate of drug-likeness (QED) is 0.867. The fourth-order valence-corrected chi connectivity index (χ4v) is 2.10. The SMILES string of the molecule is CCN(CC)C(=O)COc1c(C)cc(C(=O)O)cc1C. The lowest BCUT2D eigenvalue weighted by atomic mass is 10.1. The fourth-order valence-electron chi connectivity index (χ4n) is 2.10. The van der Waals surface area contributed by atoms with Gasteiger partial charge in [0.1, 0.15) is 5.75 Å². The van der Waals surface area contributed by atoms with Crippen LogP contribution in [0.25, 0.3) is 0 Å². The number of benzene rings is 1. The van der Waals surface area contributed by atoms with Crippen LogP contribution in [0, 0.1) is 13.8 Å². The van der Waals surface area contributed by atoms with E-state index in [1.54, 1.807) is 30.9 Å². The first-order chi connectivity index (χ1) is 9.40. The molecule has 1 rings (SSSR count). The van der Waals surface area contributed by atoms with Gasteiger partial charge in [-0.3, -0.25) is 4.79 Å². The summed E-state index contributed by atoms with van der Waals surface area (Å²) in [7, 11) is 0. The smallest absolute Gasteiger partial charge is 0.335 e. The predicted octanol–water partition coefficient (Wildman–Crippen LogP) is 2.25. The zero-order valence-electron chi connectivity index (χ0n) is 12.4. The van der Waals surface area contributed by atoms with Gasteiger partial charge in [0.2, 0.25) is 0 Å². The van der Waals surface area contributed by atoms with Crippen molar-refractivity contribution in [1.29, 1.82) is 0 Å². The molecule has 5 heteroatoms. The number of hydrogen-bond donors (Lipinski definition) is 1. The Labute approximate surface area is 119 Å². The van der Waals surface area contributed by atoms with Gasteiger partial charge >= 0.3 is 5.97 Å². The van der Waals surface area contributed by atoms with E-state index in [0.717, 1.165) is 11.1 Å². The van der Waals surface area contributed by atoms with Crippen molar-refractivity contribution >= 4 is 11.9 Å². The minimum atomic E-state index is -0.970. The second kappa shape index (κ2) is 6.93. The largest absolute Gasteiger partial charge is 0.483 e. The maximum atomic E-state index is 11.9.